The molecule has 0 unspecified atom stereocenters. The van der Waals surface area contributed by atoms with Crippen molar-refractivity contribution in [2.45, 2.75) is 10.9 Å². The van der Waals surface area contributed by atoms with Gasteiger partial charge in [0.1, 0.15) is 16.4 Å². The molecule has 1 aliphatic rings. The molecule has 1 aromatic heterocycles. The summed E-state index contributed by atoms with van der Waals surface area (Å²) in [5, 5.41) is 7.62. The maximum absolute atomic E-state index is 12.7. The molecule has 0 bridgehead atoms. The largest absolute Gasteiger partial charge is 0.497 e. The van der Waals surface area contributed by atoms with Gasteiger partial charge in [0.2, 0.25) is 10.0 Å². The fraction of sp³-hybridized carbons (Fsp3) is 0.385. The van der Waals surface area contributed by atoms with E-state index >= 15 is 0 Å². The molecule has 1 fully saturated rings. The summed E-state index contributed by atoms with van der Waals surface area (Å²) in [4.78, 5) is 0.103. The normalized spacial score (nSPS) is 16.3. The van der Waals surface area contributed by atoms with Crippen LogP contribution in [-0.4, -0.2) is 55.0 Å². The number of nitrogens with zero attached hydrogens (tertiary/aromatic N) is 4. The number of aromatic nitrogens is 3. The van der Waals surface area contributed by atoms with Gasteiger partial charge >= 0.3 is 0 Å². The van der Waals surface area contributed by atoms with Crippen LogP contribution in [0.25, 0.3) is 0 Å². The smallest absolute Gasteiger partial charge is 0.247 e. The van der Waals surface area contributed by atoms with Crippen molar-refractivity contribution in [2.24, 2.45) is 0 Å². The average Bonchev–Trinajstić information content (AvgIpc) is 2.98. The van der Waals surface area contributed by atoms with Crippen LogP contribution in [0.3, 0.4) is 0 Å². The van der Waals surface area contributed by atoms with Crippen LogP contribution in [0, 0.1) is 0 Å². The molecule has 0 N–H and O–H groups in total. The maximum atomic E-state index is 12.7. The Kier molecular flexibility index (Phi) is 3.75. The summed E-state index contributed by atoms with van der Waals surface area (Å²) >= 11 is 0. The zero-order valence-electron chi connectivity index (χ0n) is 12.2. The fourth-order valence-corrected chi connectivity index (χ4v) is 4.00. The van der Waals surface area contributed by atoms with Crippen molar-refractivity contribution in [3.05, 3.63) is 30.6 Å². The highest BCUT2D eigenvalue weighted by molar-refractivity contribution is 7.89. The Morgan fingerprint density at radius 1 is 1.23 bits per heavy atom. The number of benzene rings is 1. The number of sulfonamides is 1. The van der Waals surface area contributed by atoms with Crippen molar-refractivity contribution in [3.63, 3.8) is 0 Å². The van der Waals surface area contributed by atoms with Gasteiger partial charge in [-0.25, -0.2) is 13.1 Å². The van der Waals surface area contributed by atoms with Gasteiger partial charge in [-0.1, -0.05) is 5.21 Å². The first-order valence-corrected chi connectivity index (χ1v) is 8.08. The third-order valence-corrected chi connectivity index (χ3v) is 5.49. The van der Waals surface area contributed by atoms with Crippen molar-refractivity contribution >= 4 is 10.0 Å². The third kappa shape index (κ3) is 2.42. The van der Waals surface area contributed by atoms with Crippen molar-refractivity contribution in [3.8, 4) is 11.5 Å². The van der Waals surface area contributed by atoms with E-state index in [1.54, 1.807) is 29.2 Å². The predicted molar refractivity (Wildman–Crippen MR) is 77.4 cm³/mol. The minimum absolute atomic E-state index is 0.00822. The molecule has 22 heavy (non-hydrogen) atoms. The lowest BCUT2D eigenvalue weighted by Gasteiger charge is -2.37. The summed E-state index contributed by atoms with van der Waals surface area (Å²) in [5.41, 5.74) is 0. The van der Waals surface area contributed by atoms with Crippen molar-refractivity contribution < 1.29 is 17.9 Å². The van der Waals surface area contributed by atoms with Gasteiger partial charge in [-0.2, -0.15) is 4.31 Å². The van der Waals surface area contributed by atoms with E-state index in [0.29, 0.717) is 24.6 Å². The number of methoxy groups -OCH3 is 2. The van der Waals surface area contributed by atoms with Crippen LogP contribution in [0.1, 0.15) is 6.04 Å². The first-order valence-electron chi connectivity index (χ1n) is 6.64. The highest BCUT2D eigenvalue weighted by Gasteiger charge is 2.39. The molecule has 9 heteroatoms. The minimum Gasteiger partial charge on any atom is -0.497 e. The Labute approximate surface area is 128 Å². The Hall–Kier alpha value is -2.13. The molecule has 2 heterocycles. The molecule has 0 spiro atoms. The Morgan fingerprint density at radius 3 is 2.59 bits per heavy atom. The molecule has 3 rings (SSSR count). The van der Waals surface area contributed by atoms with Gasteiger partial charge in [-0.15, -0.1) is 5.10 Å². The highest BCUT2D eigenvalue weighted by Crippen LogP contribution is 2.34. The number of hydrogen-bond donors (Lipinski definition) is 0. The zero-order chi connectivity index (χ0) is 15.7. The zero-order valence-corrected chi connectivity index (χ0v) is 13.0. The average molecular weight is 324 g/mol. The van der Waals surface area contributed by atoms with E-state index in [-0.39, 0.29) is 10.9 Å². The van der Waals surface area contributed by atoms with Crippen LogP contribution in [-0.2, 0) is 10.0 Å². The molecule has 1 saturated heterocycles. The van der Waals surface area contributed by atoms with Crippen molar-refractivity contribution in [2.75, 3.05) is 27.3 Å². The SMILES string of the molecule is COc1ccc(OC)c(S(=O)(=O)N2CC(n3ccnn3)C2)c1. The second-order valence-electron chi connectivity index (χ2n) is 4.88. The van der Waals surface area contributed by atoms with Crippen LogP contribution in [0.2, 0.25) is 0 Å². The Bertz CT molecular complexity index is 754. The summed E-state index contributed by atoms with van der Waals surface area (Å²) in [6.45, 7) is 0.706. The summed E-state index contributed by atoms with van der Waals surface area (Å²) in [5.74, 6) is 0.762. The lowest BCUT2D eigenvalue weighted by molar-refractivity contribution is 0.188. The van der Waals surface area contributed by atoms with Gasteiger partial charge in [0.15, 0.2) is 0 Å². The molecule has 0 saturated carbocycles. The van der Waals surface area contributed by atoms with Gasteiger partial charge in [-0.3, -0.25) is 0 Å². The summed E-state index contributed by atoms with van der Waals surface area (Å²) in [6.07, 6.45) is 3.29. The number of ether oxygens (including phenoxy) is 2. The minimum atomic E-state index is -3.63. The second-order valence-corrected chi connectivity index (χ2v) is 6.78. The van der Waals surface area contributed by atoms with Gasteiger partial charge in [-0.05, 0) is 12.1 Å². The molecule has 0 amide bonds. The lowest BCUT2D eigenvalue weighted by Crippen LogP contribution is -2.50. The monoisotopic (exact) mass is 324 g/mol. The molecule has 0 aliphatic carbocycles. The third-order valence-electron chi connectivity index (χ3n) is 3.63. The van der Waals surface area contributed by atoms with Crippen LogP contribution < -0.4 is 9.47 Å². The Balaban J connectivity index is 1.85. The van der Waals surface area contributed by atoms with Crippen molar-refractivity contribution in [1.82, 2.24) is 19.3 Å². The standard InChI is InChI=1S/C13H16N4O4S/c1-20-11-3-4-12(21-2)13(7-11)22(18,19)16-8-10(9-16)17-6-5-14-15-17/h3-7,10H,8-9H2,1-2H3. The van der Waals surface area contributed by atoms with Gasteiger partial charge in [0.05, 0.1) is 26.5 Å². The van der Waals surface area contributed by atoms with E-state index in [0.717, 1.165) is 0 Å². The molecule has 1 aliphatic heterocycles. The molecular formula is C13H16N4O4S. The van der Waals surface area contributed by atoms with E-state index < -0.39 is 10.0 Å². The van der Waals surface area contributed by atoms with E-state index in [2.05, 4.69) is 10.3 Å². The number of hydrogen-bond acceptors (Lipinski definition) is 6. The Morgan fingerprint density at radius 2 is 2.00 bits per heavy atom. The molecule has 118 valence electrons. The predicted octanol–water partition coefficient (Wildman–Crippen LogP) is 0.541. The first kappa shape index (κ1) is 14.8. The first-order chi connectivity index (χ1) is 10.6. The van der Waals surface area contributed by atoms with Crippen molar-refractivity contribution in [1.29, 1.82) is 0 Å². The summed E-state index contributed by atoms with van der Waals surface area (Å²) < 4.78 is 38.8. The van der Waals surface area contributed by atoms with E-state index in [1.807, 2.05) is 0 Å². The molecule has 0 radical (unpaired) electrons. The quantitative estimate of drug-likeness (QED) is 0.798. The van der Waals surface area contributed by atoms with E-state index in [9.17, 15) is 8.42 Å². The van der Waals surface area contributed by atoms with Gasteiger partial charge in [0, 0.05) is 25.4 Å². The van der Waals surface area contributed by atoms with Gasteiger partial charge < -0.3 is 9.47 Å². The second kappa shape index (κ2) is 5.58. The van der Waals surface area contributed by atoms with E-state index in [1.165, 1.54) is 24.6 Å². The summed E-state index contributed by atoms with van der Waals surface area (Å²) in [7, 11) is -0.706. The highest BCUT2D eigenvalue weighted by atomic mass is 32.2. The molecule has 0 atom stereocenters. The molecular weight excluding hydrogens is 308 g/mol. The summed E-state index contributed by atoms with van der Waals surface area (Å²) in [6, 6.07) is 4.72. The topological polar surface area (TPSA) is 86.5 Å². The van der Waals surface area contributed by atoms with Gasteiger partial charge in [0.25, 0.3) is 0 Å². The van der Waals surface area contributed by atoms with Crippen LogP contribution in [0.5, 0.6) is 11.5 Å². The van der Waals surface area contributed by atoms with Crippen LogP contribution >= 0.6 is 0 Å². The van der Waals surface area contributed by atoms with Crippen LogP contribution in [0.4, 0.5) is 0 Å². The molecule has 1 aromatic carbocycles. The maximum Gasteiger partial charge on any atom is 0.247 e. The molecule has 2 aromatic rings. The number of rotatable bonds is 5. The fourth-order valence-electron chi connectivity index (χ4n) is 2.32. The van der Waals surface area contributed by atoms with Crippen LogP contribution in [0.15, 0.2) is 35.5 Å². The lowest BCUT2D eigenvalue weighted by atomic mass is 10.2. The van der Waals surface area contributed by atoms with E-state index in [4.69, 9.17) is 9.47 Å². The molecule has 8 nitrogen and oxygen atoms in total.